The van der Waals surface area contributed by atoms with Gasteiger partial charge < -0.3 is 20.1 Å². The molecule has 2 aliphatic rings. The zero-order valence-corrected chi connectivity index (χ0v) is 12.2. The number of hydrogen-bond donors (Lipinski definition) is 1. The second-order valence-corrected chi connectivity index (χ2v) is 7.06. The van der Waals surface area contributed by atoms with Gasteiger partial charge in [-0.05, 0) is 18.9 Å². The molecule has 18 heavy (non-hydrogen) atoms. The van der Waals surface area contributed by atoms with Gasteiger partial charge in [0.25, 0.3) is 0 Å². The number of nitrogens with zero attached hydrogens (tertiary/aromatic N) is 1. The van der Waals surface area contributed by atoms with Crippen molar-refractivity contribution in [2.75, 3.05) is 26.8 Å². The minimum atomic E-state index is -0.341. The number of hydrogen-bond acceptors (Lipinski definition) is 4. The van der Waals surface area contributed by atoms with Gasteiger partial charge in [0.05, 0.1) is 13.2 Å². The lowest BCUT2D eigenvalue weighted by Crippen LogP contribution is -2.56. The van der Waals surface area contributed by atoms with Gasteiger partial charge in [0.1, 0.15) is 0 Å². The molecule has 2 unspecified atom stereocenters. The molecule has 4 nitrogen and oxygen atoms in total. The first-order valence-electron chi connectivity index (χ1n) is 7.05. The average Bonchev–Trinajstić information content (AvgIpc) is 2.68. The highest BCUT2D eigenvalue weighted by molar-refractivity contribution is 4.95. The molecule has 1 saturated heterocycles. The predicted octanol–water partition coefficient (Wildman–Crippen LogP) is 1.59. The molecule has 0 aromatic heterocycles. The Morgan fingerprint density at radius 3 is 2.44 bits per heavy atom. The second kappa shape index (κ2) is 5.08. The molecule has 1 saturated carbocycles. The third-order valence-electron chi connectivity index (χ3n) is 3.98. The number of ether oxygens (including phenoxy) is 2. The fourth-order valence-electron chi connectivity index (χ4n) is 3.26. The van der Waals surface area contributed by atoms with E-state index in [4.69, 9.17) is 15.2 Å². The van der Waals surface area contributed by atoms with Crippen molar-refractivity contribution in [3.05, 3.63) is 0 Å². The van der Waals surface area contributed by atoms with Crippen molar-refractivity contribution in [2.24, 2.45) is 11.1 Å². The van der Waals surface area contributed by atoms with Crippen LogP contribution in [0.4, 0.5) is 0 Å². The van der Waals surface area contributed by atoms with Crippen LogP contribution in [-0.2, 0) is 9.47 Å². The molecule has 0 aromatic rings. The molecule has 2 rings (SSSR count). The molecule has 0 aromatic carbocycles. The average molecular weight is 256 g/mol. The van der Waals surface area contributed by atoms with Gasteiger partial charge in [-0.25, -0.2) is 0 Å². The van der Waals surface area contributed by atoms with Crippen LogP contribution in [0.5, 0.6) is 0 Å². The van der Waals surface area contributed by atoms with E-state index >= 15 is 0 Å². The van der Waals surface area contributed by atoms with E-state index < -0.39 is 0 Å². The van der Waals surface area contributed by atoms with Crippen LogP contribution < -0.4 is 5.73 Å². The molecule has 0 radical (unpaired) electrons. The van der Waals surface area contributed by atoms with E-state index in [2.05, 4.69) is 32.7 Å². The molecular weight excluding hydrogens is 228 g/mol. The largest absolute Gasteiger partial charge is 0.347 e. The number of nitrogens with two attached hydrogens (primary N) is 1. The highest BCUT2D eigenvalue weighted by Gasteiger charge is 2.45. The first-order valence-corrected chi connectivity index (χ1v) is 7.05. The summed E-state index contributed by atoms with van der Waals surface area (Å²) >= 11 is 0. The van der Waals surface area contributed by atoms with Crippen molar-refractivity contribution >= 4 is 0 Å². The Kier molecular flexibility index (Phi) is 4.02. The first-order chi connectivity index (χ1) is 8.31. The van der Waals surface area contributed by atoms with Crippen molar-refractivity contribution in [3.8, 4) is 0 Å². The first kappa shape index (κ1) is 14.3. The zero-order chi connectivity index (χ0) is 13.4. The SMILES string of the molecule is CN(CC(C)(C)C)C1CC2(CCC1N)OCCO2. The second-order valence-electron chi connectivity index (χ2n) is 7.06. The molecule has 2 N–H and O–H groups in total. The topological polar surface area (TPSA) is 47.7 Å². The van der Waals surface area contributed by atoms with Gasteiger partial charge in [0.15, 0.2) is 5.79 Å². The molecule has 1 aliphatic carbocycles. The zero-order valence-electron chi connectivity index (χ0n) is 12.2. The summed E-state index contributed by atoms with van der Waals surface area (Å²) in [5, 5.41) is 0. The standard InChI is InChI=1S/C14H28N2O2/c1-13(2,3)10-16(4)12-9-14(6-5-11(12)15)17-7-8-18-14/h11-12H,5-10,15H2,1-4H3. The highest BCUT2D eigenvalue weighted by Crippen LogP contribution is 2.37. The van der Waals surface area contributed by atoms with Crippen molar-refractivity contribution in [1.29, 1.82) is 0 Å². The summed E-state index contributed by atoms with van der Waals surface area (Å²) in [6.45, 7) is 9.28. The lowest BCUT2D eigenvalue weighted by molar-refractivity contribution is -0.191. The van der Waals surface area contributed by atoms with E-state index in [1.165, 1.54) is 0 Å². The maximum atomic E-state index is 6.30. The van der Waals surface area contributed by atoms with E-state index in [9.17, 15) is 0 Å². The maximum absolute atomic E-state index is 6.30. The normalized spacial score (nSPS) is 32.3. The van der Waals surface area contributed by atoms with Gasteiger partial charge in [-0.1, -0.05) is 20.8 Å². The van der Waals surface area contributed by atoms with Crippen LogP contribution in [0.1, 0.15) is 40.0 Å². The van der Waals surface area contributed by atoms with Crippen molar-refractivity contribution in [1.82, 2.24) is 4.90 Å². The van der Waals surface area contributed by atoms with Crippen LogP contribution in [0.25, 0.3) is 0 Å². The Labute approximate surface area is 111 Å². The van der Waals surface area contributed by atoms with E-state index in [1.807, 2.05) is 0 Å². The van der Waals surface area contributed by atoms with Crippen molar-refractivity contribution in [2.45, 2.75) is 57.9 Å². The maximum Gasteiger partial charge on any atom is 0.170 e. The van der Waals surface area contributed by atoms with Gasteiger partial charge in [-0.15, -0.1) is 0 Å². The predicted molar refractivity (Wildman–Crippen MR) is 72.3 cm³/mol. The Bertz CT molecular complexity index is 282. The molecule has 0 bridgehead atoms. The summed E-state index contributed by atoms with van der Waals surface area (Å²) in [6.07, 6.45) is 2.83. The number of rotatable bonds is 2. The van der Waals surface area contributed by atoms with Crippen molar-refractivity contribution in [3.63, 3.8) is 0 Å². The Morgan fingerprint density at radius 1 is 1.28 bits per heavy atom. The van der Waals surface area contributed by atoms with Gasteiger partial charge in [-0.3, -0.25) is 0 Å². The third kappa shape index (κ3) is 3.23. The molecule has 2 fully saturated rings. The summed E-state index contributed by atoms with van der Waals surface area (Å²) in [6, 6.07) is 0.590. The third-order valence-corrected chi connectivity index (χ3v) is 3.98. The molecular formula is C14H28N2O2. The summed E-state index contributed by atoms with van der Waals surface area (Å²) in [7, 11) is 2.17. The molecule has 0 amide bonds. The van der Waals surface area contributed by atoms with Crippen LogP contribution >= 0.6 is 0 Å². The van der Waals surface area contributed by atoms with Gasteiger partial charge in [-0.2, -0.15) is 0 Å². The molecule has 1 aliphatic heterocycles. The fourth-order valence-corrected chi connectivity index (χ4v) is 3.26. The van der Waals surface area contributed by atoms with Crippen LogP contribution in [0.15, 0.2) is 0 Å². The van der Waals surface area contributed by atoms with Gasteiger partial charge in [0, 0.05) is 31.5 Å². The van der Waals surface area contributed by atoms with E-state index in [0.29, 0.717) is 6.04 Å². The van der Waals surface area contributed by atoms with Crippen LogP contribution in [-0.4, -0.2) is 49.6 Å². The van der Waals surface area contributed by atoms with Crippen LogP contribution in [0.2, 0.25) is 0 Å². The van der Waals surface area contributed by atoms with Gasteiger partial charge in [0.2, 0.25) is 0 Å². The summed E-state index contributed by atoms with van der Waals surface area (Å²) in [5.41, 5.74) is 6.59. The molecule has 1 heterocycles. The fraction of sp³-hybridized carbons (Fsp3) is 1.00. The van der Waals surface area contributed by atoms with Gasteiger partial charge >= 0.3 is 0 Å². The summed E-state index contributed by atoms with van der Waals surface area (Å²) < 4.78 is 11.7. The van der Waals surface area contributed by atoms with Crippen molar-refractivity contribution < 1.29 is 9.47 Å². The minimum Gasteiger partial charge on any atom is -0.347 e. The Hall–Kier alpha value is -0.160. The van der Waals surface area contributed by atoms with E-state index in [-0.39, 0.29) is 17.2 Å². The quantitative estimate of drug-likeness (QED) is 0.815. The molecule has 106 valence electrons. The minimum absolute atomic E-state index is 0.232. The van der Waals surface area contributed by atoms with Crippen LogP contribution in [0, 0.1) is 5.41 Å². The smallest absolute Gasteiger partial charge is 0.170 e. The lowest BCUT2D eigenvalue weighted by Gasteiger charge is -2.45. The summed E-state index contributed by atoms with van der Waals surface area (Å²) in [4.78, 5) is 2.39. The Morgan fingerprint density at radius 2 is 1.89 bits per heavy atom. The highest BCUT2D eigenvalue weighted by atomic mass is 16.7. The van der Waals surface area contributed by atoms with E-state index in [0.717, 1.165) is 39.0 Å². The Balaban J connectivity index is 2.01. The monoisotopic (exact) mass is 256 g/mol. The number of likely N-dealkylation sites (N-methyl/N-ethyl adjacent to an activating group) is 1. The van der Waals surface area contributed by atoms with Crippen LogP contribution in [0.3, 0.4) is 0 Å². The molecule has 4 heteroatoms. The lowest BCUT2D eigenvalue weighted by atomic mass is 9.84. The summed E-state index contributed by atoms with van der Waals surface area (Å²) in [5.74, 6) is -0.341. The molecule has 1 spiro atoms. The van der Waals surface area contributed by atoms with E-state index in [1.54, 1.807) is 0 Å². The molecule has 2 atom stereocenters.